The fourth-order valence-electron chi connectivity index (χ4n) is 7.28. The molecule has 9 heteroatoms. The van der Waals surface area contributed by atoms with Gasteiger partial charge in [-0.1, -0.05) is 76.9 Å². The van der Waals surface area contributed by atoms with Gasteiger partial charge in [0.2, 0.25) is 5.91 Å². The molecule has 0 aromatic rings. The number of unbranched alkanes of at least 4 members (excludes halogenated alkanes) is 11. The number of hydrogen-bond acceptors (Lipinski definition) is 6. The molecule has 0 aliphatic heterocycles. The SMILES string of the molecule is CCCCCCCC/C=C/CCCCCCCC(=O)NCC[N+](CC(C)OCCOCC)(CC(C)OCCOCC(=O)O)C1CCCCC1. The third-order valence-corrected chi connectivity index (χ3v) is 9.83. The maximum atomic E-state index is 12.9. The predicted molar refractivity (Wildman–Crippen MR) is 200 cm³/mol. The summed E-state index contributed by atoms with van der Waals surface area (Å²) >= 11 is 0. The van der Waals surface area contributed by atoms with Crippen molar-refractivity contribution in [3.63, 3.8) is 0 Å². The van der Waals surface area contributed by atoms with E-state index in [9.17, 15) is 9.59 Å². The standard InChI is InChI=1S/C40H76N2O7/c1-5-7-8-9-10-11-12-13-14-15-16-17-18-19-23-26-39(43)41-27-28-42(38-24-21-20-22-25-38,33-36(3)48-31-29-46-6-2)34-37(4)49-32-30-47-35-40(44)45/h13-14,36-38H,5-12,15-35H2,1-4H3,(H-,41,43,44,45)/p+1/b14-13+. The van der Waals surface area contributed by atoms with E-state index in [0.29, 0.717) is 45.4 Å². The van der Waals surface area contributed by atoms with Gasteiger partial charge in [-0.2, -0.15) is 0 Å². The van der Waals surface area contributed by atoms with E-state index in [0.717, 1.165) is 37.0 Å². The Hall–Kier alpha value is -1.52. The number of nitrogens with one attached hydrogen (secondary N) is 1. The molecule has 0 aromatic carbocycles. The molecule has 1 rings (SSSR count). The molecule has 0 saturated heterocycles. The van der Waals surface area contributed by atoms with Gasteiger partial charge in [0.15, 0.2) is 0 Å². The third kappa shape index (κ3) is 25.1. The topological polar surface area (TPSA) is 103 Å². The van der Waals surface area contributed by atoms with Crippen molar-refractivity contribution in [2.24, 2.45) is 0 Å². The zero-order chi connectivity index (χ0) is 35.8. The Morgan fingerprint density at radius 1 is 0.755 bits per heavy atom. The number of amides is 1. The zero-order valence-corrected chi connectivity index (χ0v) is 32.2. The summed E-state index contributed by atoms with van der Waals surface area (Å²) in [6, 6.07) is 0.489. The first-order valence-electron chi connectivity index (χ1n) is 20.2. The fourth-order valence-corrected chi connectivity index (χ4v) is 7.28. The molecule has 288 valence electrons. The van der Waals surface area contributed by atoms with E-state index in [1.54, 1.807) is 0 Å². The maximum Gasteiger partial charge on any atom is 0.329 e. The summed E-state index contributed by atoms with van der Waals surface area (Å²) in [6.45, 7) is 13.8. The highest BCUT2D eigenvalue weighted by Crippen LogP contribution is 2.30. The number of carbonyl (C=O) groups excluding carboxylic acids is 1. The van der Waals surface area contributed by atoms with Gasteiger partial charge < -0.3 is 33.9 Å². The molecule has 1 amide bonds. The van der Waals surface area contributed by atoms with Gasteiger partial charge in [-0.15, -0.1) is 0 Å². The van der Waals surface area contributed by atoms with Crippen LogP contribution in [0.4, 0.5) is 0 Å². The molecule has 0 radical (unpaired) electrons. The molecule has 3 atom stereocenters. The normalized spacial score (nSPS) is 16.5. The highest BCUT2D eigenvalue weighted by Gasteiger charge is 2.40. The Bertz CT molecular complexity index is 820. The molecule has 0 bridgehead atoms. The minimum absolute atomic E-state index is 0.0417. The molecule has 49 heavy (non-hydrogen) atoms. The minimum atomic E-state index is -0.973. The number of hydrogen-bond donors (Lipinski definition) is 2. The maximum absolute atomic E-state index is 12.9. The van der Waals surface area contributed by atoms with E-state index in [4.69, 9.17) is 24.1 Å². The summed E-state index contributed by atoms with van der Waals surface area (Å²) in [5, 5.41) is 12.1. The number of carbonyl (C=O) groups is 2. The number of carboxylic acids is 1. The number of nitrogens with zero attached hydrogens (tertiary/aromatic N) is 1. The number of ether oxygens (including phenoxy) is 4. The lowest BCUT2D eigenvalue weighted by Crippen LogP contribution is -2.63. The third-order valence-electron chi connectivity index (χ3n) is 9.83. The van der Waals surface area contributed by atoms with Gasteiger partial charge in [-0.25, -0.2) is 4.79 Å². The summed E-state index contributed by atoms with van der Waals surface area (Å²) < 4.78 is 23.9. The molecule has 0 heterocycles. The van der Waals surface area contributed by atoms with Crippen molar-refractivity contribution in [2.45, 2.75) is 168 Å². The first kappa shape index (κ1) is 45.5. The second-order valence-electron chi connectivity index (χ2n) is 14.3. The number of quaternary nitrogens is 1. The van der Waals surface area contributed by atoms with Crippen molar-refractivity contribution in [1.82, 2.24) is 5.32 Å². The van der Waals surface area contributed by atoms with Crippen molar-refractivity contribution in [1.29, 1.82) is 0 Å². The second kappa shape index (κ2) is 31.2. The Morgan fingerprint density at radius 3 is 1.88 bits per heavy atom. The molecule has 0 aromatic heterocycles. The molecule has 9 nitrogen and oxygen atoms in total. The van der Waals surface area contributed by atoms with Crippen LogP contribution < -0.4 is 5.32 Å². The summed E-state index contributed by atoms with van der Waals surface area (Å²) in [6.07, 6.45) is 27.7. The van der Waals surface area contributed by atoms with E-state index in [1.807, 2.05) is 6.92 Å². The predicted octanol–water partition coefficient (Wildman–Crippen LogP) is 8.24. The van der Waals surface area contributed by atoms with Crippen LogP contribution in [0.5, 0.6) is 0 Å². The fraction of sp³-hybridized carbons (Fsp3) is 0.900. The first-order chi connectivity index (χ1) is 23.8. The molecule has 1 aliphatic carbocycles. The van der Waals surface area contributed by atoms with Gasteiger partial charge in [0, 0.05) is 13.0 Å². The van der Waals surface area contributed by atoms with Gasteiger partial charge in [-0.3, -0.25) is 4.79 Å². The van der Waals surface area contributed by atoms with Crippen LogP contribution in [0.25, 0.3) is 0 Å². The van der Waals surface area contributed by atoms with Crippen LogP contribution in [0.2, 0.25) is 0 Å². The number of allylic oxidation sites excluding steroid dienone is 2. The average molecular weight is 698 g/mol. The molecular weight excluding hydrogens is 620 g/mol. The number of aliphatic carboxylic acids is 1. The van der Waals surface area contributed by atoms with Gasteiger partial charge in [-0.05, 0) is 78.6 Å². The molecule has 1 aliphatic rings. The molecule has 3 unspecified atom stereocenters. The Labute approximate surface area is 300 Å². The van der Waals surface area contributed by atoms with Crippen LogP contribution in [0.1, 0.15) is 150 Å². The largest absolute Gasteiger partial charge is 0.480 e. The van der Waals surface area contributed by atoms with E-state index < -0.39 is 5.97 Å². The van der Waals surface area contributed by atoms with Gasteiger partial charge in [0.1, 0.15) is 31.9 Å². The van der Waals surface area contributed by atoms with E-state index >= 15 is 0 Å². The van der Waals surface area contributed by atoms with E-state index in [-0.39, 0.29) is 31.3 Å². The summed E-state index contributed by atoms with van der Waals surface area (Å²) in [5.41, 5.74) is 0. The van der Waals surface area contributed by atoms with Gasteiger partial charge >= 0.3 is 5.97 Å². The van der Waals surface area contributed by atoms with Crippen LogP contribution in [0, 0.1) is 0 Å². The Balaban J connectivity index is 2.54. The lowest BCUT2D eigenvalue weighted by molar-refractivity contribution is -0.956. The Morgan fingerprint density at radius 2 is 1.31 bits per heavy atom. The van der Waals surface area contributed by atoms with Crippen LogP contribution in [-0.4, -0.2) is 106 Å². The van der Waals surface area contributed by atoms with Crippen LogP contribution in [0.3, 0.4) is 0 Å². The molecular formula is C40H77N2O7+. The van der Waals surface area contributed by atoms with Crippen molar-refractivity contribution >= 4 is 11.9 Å². The smallest absolute Gasteiger partial charge is 0.329 e. The van der Waals surface area contributed by atoms with Crippen LogP contribution in [0.15, 0.2) is 12.2 Å². The van der Waals surface area contributed by atoms with Crippen molar-refractivity contribution in [2.75, 3.05) is 65.8 Å². The van der Waals surface area contributed by atoms with Gasteiger partial charge in [0.25, 0.3) is 0 Å². The van der Waals surface area contributed by atoms with E-state index in [1.165, 1.54) is 103 Å². The zero-order valence-electron chi connectivity index (χ0n) is 32.2. The highest BCUT2D eigenvalue weighted by molar-refractivity contribution is 5.75. The van der Waals surface area contributed by atoms with Gasteiger partial charge in [0.05, 0.1) is 45.6 Å². The molecule has 1 fully saturated rings. The number of carboxylic acid groups (broad SMARTS) is 1. The van der Waals surface area contributed by atoms with Crippen molar-refractivity contribution < 1.29 is 38.1 Å². The lowest BCUT2D eigenvalue weighted by Gasteiger charge is -2.49. The van der Waals surface area contributed by atoms with Crippen molar-refractivity contribution in [3.05, 3.63) is 12.2 Å². The molecule has 0 spiro atoms. The number of rotatable bonds is 34. The van der Waals surface area contributed by atoms with Crippen LogP contribution in [-0.2, 0) is 28.5 Å². The van der Waals surface area contributed by atoms with Crippen molar-refractivity contribution in [3.8, 4) is 0 Å². The summed E-state index contributed by atoms with van der Waals surface area (Å²) in [5.74, 6) is -0.820. The first-order valence-corrected chi connectivity index (χ1v) is 20.2. The highest BCUT2D eigenvalue weighted by atomic mass is 16.5. The monoisotopic (exact) mass is 698 g/mol. The minimum Gasteiger partial charge on any atom is -0.480 e. The molecule has 2 N–H and O–H groups in total. The van der Waals surface area contributed by atoms with E-state index in [2.05, 4.69) is 38.2 Å². The lowest BCUT2D eigenvalue weighted by atomic mass is 9.91. The van der Waals surface area contributed by atoms with Crippen LogP contribution >= 0.6 is 0 Å². The average Bonchev–Trinajstić information content (AvgIpc) is 3.08. The quantitative estimate of drug-likeness (QED) is 0.0397. The Kier molecular flexibility index (Phi) is 29.0. The summed E-state index contributed by atoms with van der Waals surface area (Å²) in [7, 11) is 0. The molecule has 1 saturated carbocycles. The second-order valence-corrected chi connectivity index (χ2v) is 14.3. The summed E-state index contributed by atoms with van der Waals surface area (Å²) in [4.78, 5) is 23.7.